The number of H-pyrrole nitrogens is 1. The summed E-state index contributed by atoms with van der Waals surface area (Å²) in [5, 5.41) is 0.645. The third kappa shape index (κ3) is 3.97. The van der Waals surface area contributed by atoms with E-state index in [1.165, 1.54) is 51.3 Å². The lowest BCUT2D eigenvalue weighted by molar-refractivity contribution is 0.0366. The van der Waals surface area contributed by atoms with Crippen molar-refractivity contribution in [1.29, 1.82) is 0 Å². The van der Waals surface area contributed by atoms with Crippen LogP contribution < -0.4 is 10.3 Å². The molecule has 0 saturated carbocycles. The van der Waals surface area contributed by atoms with E-state index < -0.39 is 0 Å². The van der Waals surface area contributed by atoms with E-state index in [0.717, 1.165) is 23.5 Å². The SMILES string of the molecule is O=c1ccc(-c2cc(Cl)cc(OC[C@@H]3CCCN4CCCC[C@H]34)c2)c[nH]1. The van der Waals surface area contributed by atoms with E-state index in [4.69, 9.17) is 16.3 Å². The molecule has 1 aromatic heterocycles. The minimum atomic E-state index is -0.110. The van der Waals surface area contributed by atoms with Gasteiger partial charge in [0.2, 0.25) is 5.56 Å². The highest BCUT2D eigenvalue weighted by atomic mass is 35.5. The molecule has 4 nitrogen and oxygen atoms in total. The summed E-state index contributed by atoms with van der Waals surface area (Å²) in [7, 11) is 0. The fourth-order valence-electron chi connectivity index (χ4n) is 4.38. The largest absolute Gasteiger partial charge is 0.493 e. The van der Waals surface area contributed by atoms with Gasteiger partial charge in [-0.15, -0.1) is 0 Å². The Hall–Kier alpha value is -1.78. The van der Waals surface area contributed by atoms with Crippen molar-refractivity contribution < 1.29 is 4.74 Å². The first-order valence-electron chi connectivity index (χ1n) is 9.55. The van der Waals surface area contributed by atoms with Gasteiger partial charge in [0.1, 0.15) is 5.75 Å². The number of hydrogen-bond acceptors (Lipinski definition) is 3. The number of ether oxygens (including phenoxy) is 1. The van der Waals surface area contributed by atoms with Gasteiger partial charge in [-0.2, -0.15) is 0 Å². The summed E-state index contributed by atoms with van der Waals surface area (Å²) in [6.07, 6.45) is 8.19. The van der Waals surface area contributed by atoms with E-state index in [0.29, 0.717) is 17.0 Å². The summed E-state index contributed by atoms with van der Waals surface area (Å²) < 4.78 is 6.18. The van der Waals surface area contributed by atoms with Gasteiger partial charge in [0, 0.05) is 29.2 Å². The number of piperidine rings is 2. The fourth-order valence-corrected chi connectivity index (χ4v) is 4.60. The number of aromatic nitrogens is 1. The van der Waals surface area contributed by atoms with Crippen molar-refractivity contribution in [1.82, 2.24) is 9.88 Å². The second-order valence-electron chi connectivity index (χ2n) is 7.43. The zero-order chi connectivity index (χ0) is 17.9. The highest BCUT2D eigenvalue weighted by molar-refractivity contribution is 6.31. The first kappa shape index (κ1) is 17.6. The Balaban J connectivity index is 1.48. The molecule has 0 bridgehead atoms. The van der Waals surface area contributed by atoms with Crippen LogP contribution >= 0.6 is 11.6 Å². The van der Waals surface area contributed by atoms with E-state index >= 15 is 0 Å². The molecule has 2 aliphatic rings. The standard InChI is InChI=1S/C21H25ClN2O2/c22-18-10-17(15-6-7-21(25)23-13-15)11-19(12-18)26-14-16-4-3-9-24-8-2-1-5-20(16)24/h6-7,10-13,16,20H,1-5,8-9,14H2,(H,23,25)/t16-,20+/m0/s1. The Morgan fingerprint density at radius 3 is 2.81 bits per heavy atom. The molecule has 0 spiro atoms. The van der Waals surface area contributed by atoms with Gasteiger partial charge in [-0.05, 0) is 74.2 Å². The van der Waals surface area contributed by atoms with Gasteiger partial charge in [0.15, 0.2) is 0 Å². The quantitative estimate of drug-likeness (QED) is 0.868. The van der Waals surface area contributed by atoms with Crippen LogP contribution in [0.5, 0.6) is 5.75 Å². The molecule has 0 unspecified atom stereocenters. The summed E-state index contributed by atoms with van der Waals surface area (Å²) in [6, 6.07) is 9.77. The smallest absolute Gasteiger partial charge is 0.247 e. The summed E-state index contributed by atoms with van der Waals surface area (Å²) >= 11 is 6.30. The first-order valence-corrected chi connectivity index (χ1v) is 9.93. The molecule has 138 valence electrons. The maximum absolute atomic E-state index is 11.3. The van der Waals surface area contributed by atoms with Crippen LogP contribution in [0, 0.1) is 5.92 Å². The normalized spacial score (nSPS) is 23.4. The van der Waals surface area contributed by atoms with Gasteiger partial charge >= 0.3 is 0 Å². The monoisotopic (exact) mass is 372 g/mol. The number of hydrogen-bond donors (Lipinski definition) is 1. The summed E-state index contributed by atoms with van der Waals surface area (Å²) in [5.74, 6) is 1.39. The molecule has 0 aliphatic carbocycles. The Kier molecular flexibility index (Phi) is 5.32. The van der Waals surface area contributed by atoms with E-state index in [-0.39, 0.29) is 5.56 Å². The maximum atomic E-state index is 11.3. The van der Waals surface area contributed by atoms with Crippen LogP contribution in [-0.4, -0.2) is 35.6 Å². The molecular formula is C21H25ClN2O2. The molecule has 3 heterocycles. The van der Waals surface area contributed by atoms with Crippen molar-refractivity contribution in [2.24, 2.45) is 5.92 Å². The lowest BCUT2D eigenvalue weighted by Gasteiger charge is -2.44. The summed E-state index contributed by atoms with van der Waals surface area (Å²) in [4.78, 5) is 16.6. The summed E-state index contributed by atoms with van der Waals surface area (Å²) in [5.41, 5.74) is 1.77. The first-order chi connectivity index (χ1) is 12.7. The molecule has 1 N–H and O–H groups in total. The zero-order valence-electron chi connectivity index (χ0n) is 14.9. The minimum Gasteiger partial charge on any atom is -0.493 e. The number of halogens is 1. The van der Waals surface area contributed by atoms with Crippen molar-refractivity contribution >= 4 is 11.6 Å². The number of nitrogens with zero attached hydrogens (tertiary/aromatic N) is 1. The van der Waals surface area contributed by atoms with E-state index in [1.807, 2.05) is 18.2 Å². The Morgan fingerprint density at radius 2 is 1.96 bits per heavy atom. The molecule has 26 heavy (non-hydrogen) atoms. The topological polar surface area (TPSA) is 45.3 Å². The molecule has 2 fully saturated rings. The van der Waals surface area contributed by atoms with Gasteiger partial charge in [-0.25, -0.2) is 0 Å². The molecule has 0 radical (unpaired) electrons. The van der Waals surface area contributed by atoms with Crippen LogP contribution in [0.1, 0.15) is 32.1 Å². The second-order valence-corrected chi connectivity index (χ2v) is 7.87. The molecule has 2 saturated heterocycles. The Bertz CT molecular complexity index is 797. The molecule has 5 heteroatoms. The van der Waals surface area contributed by atoms with Crippen molar-refractivity contribution in [3.8, 4) is 16.9 Å². The molecule has 1 aromatic carbocycles. The number of pyridine rings is 1. The van der Waals surface area contributed by atoms with Crippen LogP contribution in [0.15, 0.2) is 41.3 Å². The molecule has 0 amide bonds. The highest BCUT2D eigenvalue weighted by Crippen LogP contribution is 2.33. The lowest BCUT2D eigenvalue weighted by Crippen LogP contribution is -2.49. The number of aromatic amines is 1. The number of rotatable bonds is 4. The van der Waals surface area contributed by atoms with Gasteiger partial charge in [0.05, 0.1) is 6.61 Å². The number of benzene rings is 1. The Morgan fingerprint density at radius 1 is 1.08 bits per heavy atom. The van der Waals surface area contributed by atoms with Crippen LogP contribution in [0.25, 0.3) is 11.1 Å². The number of fused-ring (bicyclic) bond motifs is 1. The van der Waals surface area contributed by atoms with Crippen molar-refractivity contribution in [2.45, 2.75) is 38.1 Å². The average Bonchev–Trinajstić information content (AvgIpc) is 2.66. The number of nitrogens with one attached hydrogen (secondary N) is 1. The molecular weight excluding hydrogens is 348 g/mol. The minimum absolute atomic E-state index is 0.110. The molecule has 2 atom stereocenters. The van der Waals surface area contributed by atoms with Crippen molar-refractivity contribution in [3.05, 3.63) is 51.9 Å². The second kappa shape index (κ2) is 7.85. The molecule has 2 aliphatic heterocycles. The molecule has 4 rings (SSSR count). The van der Waals surface area contributed by atoms with Crippen molar-refractivity contribution in [3.63, 3.8) is 0 Å². The average molecular weight is 373 g/mol. The third-order valence-electron chi connectivity index (χ3n) is 5.68. The fraction of sp³-hybridized carbons (Fsp3) is 0.476. The van der Waals surface area contributed by atoms with Crippen LogP contribution in [0.3, 0.4) is 0 Å². The van der Waals surface area contributed by atoms with E-state index in [9.17, 15) is 4.79 Å². The van der Waals surface area contributed by atoms with Crippen molar-refractivity contribution in [2.75, 3.05) is 19.7 Å². The predicted molar refractivity (Wildman–Crippen MR) is 105 cm³/mol. The molecule has 2 aromatic rings. The van der Waals surface area contributed by atoms with E-state index in [2.05, 4.69) is 9.88 Å². The third-order valence-corrected chi connectivity index (χ3v) is 5.90. The Labute approximate surface area is 159 Å². The van der Waals surface area contributed by atoms with Gasteiger partial charge in [0.25, 0.3) is 0 Å². The van der Waals surface area contributed by atoms with Gasteiger partial charge in [-0.1, -0.05) is 18.0 Å². The van der Waals surface area contributed by atoms with Crippen LogP contribution in [-0.2, 0) is 0 Å². The van der Waals surface area contributed by atoms with Crippen LogP contribution in [0.2, 0.25) is 5.02 Å². The van der Waals surface area contributed by atoms with E-state index in [1.54, 1.807) is 12.3 Å². The van der Waals surface area contributed by atoms with Gasteiger partial charge < -0.3 is 9.72 Å². The van der Waals surface area contributed by atoms with Crippen LogP contribution in [0.4, 0.5) is 0 Å². The zero-order valence-corrected chi connectivity index (χ0v) is 15.7. The lowest BCUT2D eigenvalue weighted by atomic mass is 9.84. The summed E-state index contributed by atoms with van der Waals surface area (Å²) in [6.45, 7) is 3.23. The van der Waals surface area contributed by atoms with Gasteiger partial charge in [-0.3, -0.25) is 9.69 Å². The highest BCUT2D eigenvalue weighted by Gasteiger charge is 2.33. The predicted octanol–water partition coefficient (Wildman–Crippen LogP) is 4.34. The maximum Gasteiger partial charge on any atom is 0.247 e.